The highest BCUT2D eigenvalue weighted by atomic mass is 32.1. The zero-order valence-electron chi connectivity index (χ0n) is 15.3. The summed E-state index contributed by atoms with van der Waals surface area (Å²) in [6, 6.07) is 8.34. The van der Waals surface area contributed by atoms with Gasteiger partial charge in [-0.15, -0.1) is 0 Å². The maximum atomic E-state index is 11.6. The molecule has 1 aromatic carbocycles. The molecule has 0 atom stereocenters. The highest BCUT2D eigenvalue weighted by Crippen LogP contribution is 2.12. The zero-order valence-corrected chi connectivity index (χ0v) is 16.1. The number of hydrogen-bond acceptors (Lipinski definition) is 3. The minimum atomic E-state index is -0.426. The van der Waals surface area contributed by atoms with E-state index < -0.39 is 5.60 Å². The maximum absolute atomic E-state index is 11.6. The predicted molar refractivity (Wildman–Crippen MR) is 104 cm³/mol. The second kappa shape index (κ2) is 10.3. The zero-order chi connectivity index (χ0) is 18.0. The Morgan fingerprint density at radius 1 is 1.17 bits per heavy atom. The Labute approximate surface area is 151 Å². The molecule has 134 valence electrons. The third-order valence-corrected chi connectivity index (χ3v) is 3.54. The molecule has 0 unspecified atom stereocenters. The first-order chi connectivity index (χ1) is 11.3. The van der Waals surface area contributed by atoms with E-state index in [0.29, 0.717) is 24.5 Å². The number of ether oxygens (including phenoxy) is 1. The number of esters is 1. The van der Waals surface area contributed by atoms with Crippen LogP contribution in [0.5, 0.6) is 0 Å². The van der Waals surface area contributed by atoms with E-state index in [1.165, 1.54) is 18.4 Å². The van der Waals surface area contributed by atoms with Gasteiger partial charge in [-0.2, -0.15) is 0 Å². The molecule has 0 saturated heterocycles. The van der Waals surface area contributed by atoms with Gasteiger partial charge in [0, 0.05) is 18.7 Å². The molecule has 0 heterocycles. The van der Waals surface area contributed by atoms with E-state index in [9.17, 15) is 4.79 Å². The van der Waals surface area contributed by atoms with E-state index in [-0.39, 0.29) is 5.97 Å². The van der Waals surface area contributed by atoms with Gasteiger partial charge in [0.1, 0.15) is 5.60 Å². The Balaban J connectivity index is 2.23. The summed E-state index contributed by atoms with van der Waals surface area (Å²) in [6.45, 7) is 8.45. The number of thiocarbonyl (C=S) groups is 1. The number of rotatable bonds is 8. The van der Waals surface area contributed by atoms with Crippen LogP contribution in [0.4, 0.5) is 5.69 Å². The highest BCUT2D eigenvalue weighted by molar-refractivity contribution is 7.80. The van der Waals surface area contributed by atoms with Crippen molar-refractivity contribution in [3.8, 4) is 0 Å². The van der Waals surface area contributed by atoms with Gasteiger partial charge in [0.2, 0.25) is 0 Å². The molecule has 0 aliphatic carbocycles. The van der Waals surface area contributed by atoms with Crippen LogP contribution in [0.15, 0.2) is 24.3 Å². The van der Waals surface area contributed by atoms with Crippen molar-refractivity contribution >= 4 is 29.0 Å². The summed E-state index contributed by atoms with van der Waals surface area (Å²) in [5.41, 5.74) is 1.89. The lowest BCUT2D eigenvalue weighted by molar-refractivity contribution is -0.154. The second-order valence-electron chi connectivity index (χ2n) is 6.87. The normalized spacial score (nSPS) is 11.0. The van der Waals surface area contributed by atoms with Gasteiger partial charge in [0.25, 0.3) is 0 Å². The van der Waals surface area contributed by atoms with Crippen LogP contribution >= 0.6 is 12.2 Å². The Kier molecular flexibility index (Phi) is 8.76. The molecule has 1 rings (SSSR count). The van der Waals surface area contributed by atoms with E-state index in [1.807, 2.05) is 32.9 Å². The lowest BCUT2D eigenvalue weighted by Gasteiger charge is -2.19. The number of hydrogen-bond donors (Lipinski definition) is 2. The quantitative estimate of drug-likeness (QED) is 0.412. The summed E-state index contributed by atoms with van der Waals surface area (Å²) in [6.07, 6.45) is 4.61. The smallest absolute Gasteiger partial charge is 0.306 e. The summed E-state index contributed by atoms with van der Waals surface area (Å²) in [5.74, 6) is -0.175. The lowest BCUT2D eigenvalue weighted by Crippen LogP contribution is -2.30. The van der Waals surface area contributed by atoms with E-state index in [2.05, 4.69) is 29.7 Å². The fourth-order valence-electron chi connectivity index (χ4n) is 2.14. The number of carbonyl (C=O) groups excluding carboxylic acids is 1. The van der Waals surface area contributed by atoms with Crippen molar-refractivity contribution in [3.05, 3.63) is 29.8 Å². The van der Waals surface area contributed by atoms with E-state index >= 15 is 0 Å². The molecule has 0 bridgehead atoms. The Morgan fingerprint density at radius 2 is 1.83 bits per heavy atom. The van der Waals surface area contributed by atoms with Gasteiger partial charge < -0.3 is 15.4 Å². The summed E-state index contributed by atoms with van der Waals surface area (Å²) < 4.78 is 5.26. The second-order valence-corrected chi connectivity index (χ2v) is 7.28. The number of unbranched alkanes of at least 4 members (excludes halogenated alkanes) is 1. The van der Waals surface area contributed by atoms with Gasteiger partial charge >= 0.3 is 5.97 Å². The van der Waals surface area contributed by atoms with Gasteiger partial charge in [-0.1, -0.05) is 25.5 Å². The number of benzene rings is 1. The average molecular weight is 351 g/mol. The topological polar surface area (TPSA) is 50.4 Å². The lowest BCUT2D eigenvalue weighted by atomic mass is 10.1. The minimum Gasteiger partial charge on any atom is -0.460 e. The molecule has 0 radical (unpaired) electrons. The van der Waals surface area contributed by atoms with E-state index in [1.54, 1.807) is 0 Å². The SMILES string of the molecule is CCCCc1ccc(NC(=S)NCCCC(=O)OC(C)(C)C)cc1. The summed E-state index contributed by atoms with van der Waals surface area (Å²) in [7, 11) is 0. The Hall–Kier alpha value is -1.62. The summed E-state index contributed by atoms with van der Waals surface area (Å²) in [4.78, 5) is 11.6. The molecule has 5 heteroatoms. The van der Waals surface area contributed by atoms with Gasteiger partial charge in [-0.3, -0.25) is 4.79 Å². The Bertz CT molecular complexity index is 521. The molecular weight excluding hydrogens is 320 g/mol. The van der Waals surface area contributed by atoms with Crippen LogP contribution in [0.2, 0.25) is 0 Å². The van der Waals surface area contributed by atoms with Gasteiger partial charge in [-0.25, -0.2) is 0 Å². The predicted octanol–water partition coefficient (Wildman–Crippen LogP) is 4.44. The van der Waals surface area contributed by atoms with Crippen molar-refractivity contribution < 1.29 is 9.53 Å². The first-order valence-electron chi connectivity index (χ1n) is 8.66. The molecule has 0 aromatic heterocycles. The van der Waals surface area contributed by atoms with Crippen LogP contribution in [0.3, 0.4) is 0 Å². The number of carbonyl (C=O) groups is 1. The summed E-state index contributed by atoms with van der Waals surface area (Å²) in [5, 5.41) is 6.84. The molecule has 2 N–H and O–H groups in total. The number of nitrogens with one attached hydrogen (secondary N) is 2. The fourth-order valence-corrected chi connectivity index (χ4v) is 2.36. The van der Waals surface area contributed by atoms with Crippen molar-refractivity contribution in [1.29, 1.82) is 0 Å². The van der Waals surface area contributed by atoms with Crippen molar-refractivity contribution in [2.45, 2.75) is 65.4 Å². The van der Waals surface area contributed by atoms with Gasteiger partial charge in [0.05, 0.1) is 0 Å². The van der Waals surface area contributed by atoms with Crippen LogP contribution in [-0.2, 0) is 16.0 Å². The van der Waals surface area contributed by atoms with Crippen LogP contribution < -0.4 is 10.6 Å². The molecular formula is C19H30N2O2S. The van der Waals surface area contributed by atoms with Crippen molar-refractivity contribution in [2.24, 2.45) is 0 Å². The summed E-state index contributed by atoms with van der Waals surface area (Å²) >= 11 is 5.27. The average Bonchev–Trinajstić information content (AvgIpc) is 2.49. The first kappa shape index (κ1) is 20.4. The number of aryl methyl sites for hydroxylation is 1. The molecule has 0 aliphatic heterocycles. The molecule has 0 fully saturated rings. The molecule has 24 heavy (non-hydrogen) atoms. The van der Waals surface area contributed by atoms with Gasteiger partial charge in [0.15, 0.2) is 5.11 Å². The van der Waals surface area contributed by atoms with Crippen LogP contribution in [0, 0.1) is 0 Å². The highest BCUT2D eigenvalue weighted by Gasteiger charge is 2.15. The molecule has 0 saturated carbocycles. The maximum Gasteiger partial charge on any atom is 0.306 e. The fraction of sp³-hybridized carbons (Fsp3) is 0.579. The van der Waals surface area contributed by atoms with Crippen LogP contribution in [0.1, 0.15) is 58.9 Å². The van der Waals surface area contributed by atoms with Crippen molar-refractivity contribution in [3.63, 3.8) is 0 Å². The molecule has 0 amide bonds. The molecule has 0 aliphatic rings. The molecule has 1 aromatic rings. The minimum absolute atomic E-state index is 0.175. The van der Waals surface area contributed by atoms with E-state index in [4.69, 9.17) is 17.0 Å². The van der Waals surface area contributed by atoms with E-state index in [0.717, 1.165) is 12.1 Å². The Morgan fingerprint density at radius 3 is 2.42 bits per heavy atom. The molecule has 4 nitrogen and oxygen atoms in total. The largest absolute Gasteiger partial charge is 0.460 e. The van der Waals surface area contributed by atoms with Crippen LogP contribution in [0.25, 0.3) is 0 Å². The molecule has 0 spiro atoms. The van der Waals surface area contributed by atoms with Crippen LogP contribution in [-0.4, -0.2) is 23.2 Å². The first-order valence-corrected chi connectivity index (χ1v) is 9.06. The third-order valence-electron chi connectivity index (χ3n) is 3.29. The standard InChI is InChI=1S/C19H30N2O2S/c1-5-6-8-15-10-12-16(13-11-15)21-18(24)20-14-7-9-17(22)23-19(2,3)4/h10-13H,5-9,14H2,1-4H3,(H2,20,21,24). The third kappa shape index (κ3) is 9.50. The van der Waals surface area contributed by atoms with Crippen molar-refractivity contribution in [2.75, 3.05) is 11.9 Å². The number of anilines is 1. The van der Waals surface area contributed by atoms with Crippen molar-refractivity contribution in [1.82, 2.24) is 5.32 Å². The van der Waals surface area contributed by atoms with Gasteiger partial charge in [-0.05, 0) is 69.9 Å². The monoisotopic (exact) mass is 350 g/mol.